The lowest BCUT2D eigenvalue weighted by molar-refractivity contribution is -0.617. The van der Waals surface area contributed by atoms with Gasteiger partial charge < -0.3 is 9.29 Å². The van der Waals surface area contributed by atoms with E-state index in [4.69, 9.17) is 4.74 Å². The van der Waals surface area contributed by atoms with Crippen molar-refractivity contribution >= 4 is 38.2 Å². The number of aryl methyl sites for hydroxylation is 1. The van der Waals surface area contributed by atoms with Gasteiger partial charge in [-0.1, -0.05) is 42.5 Å². The lowest BCUT2D eigenvalue weighted by atomic mass is 10.0. The molecule has 3 aromatic carbocycles. The minimum Gasteiger partial charge on any atom is -0.726 e. The maximum atomic E-state index is 12.9. The standard InChI is InChI=1S/C21H16NO2.CH4O4S/c1-22-18-13-7-5-11-16(18)20(17-12-6-8-14-19(17)22)21(23)24-15-9-3-2-4-10-15;1-5-6(2,3)4/h2-14H,1H3;1H3,(H,2,3,4)/q+1;/p-1. The van der Waals surface area contributed by atoms with E-state index in [-0.39, 0.29) is 5.97 Å². The summed E-state index contributed by atoms with van der Waals surface area (Å²) in [4.78, 5) is 12.9. The largest absolute Gasteiger partial charge is 0.726 e. The van der Waals surface area contributed by atoms with Crippen molar-refractivity contribution in [3.05, 3.63) is 84.4 Å². The molecule has 0 amide bonds. The van der Waals surface area contributed by atoms with E-state index in [0.717, 1.165) is 28.9 Å². The molecule has 1 aromatic heterocycles. The highest BCUT2D eigenvalue weighted by molar-refractivity contribution is 7.80. The summed E-state index contributed by atoms with van der Waals surface area (Å²) < 4.78 is 38.7. The van der Waals surface area contributed by atoms with Gasteiger partial charge >= 0.3 is 5.97 Å². The molecular formula is C22H19NO6S. The van der Waals surface area contributed by atoms with Gasteiger partial charge in [0.2, 0.25) is 21.4 Å². The second-order valence-corrected chi connectivity index (χ2v) is 7.40. The number of esters is 1. The summed E-state index contributed by atoms with van der Waals surface area (Å²) in [5, 5.41) is 1.78. The minimum absolute atomic E-state index is 0.339. The van der Waals surface area contributed by atoms with Crippen LogP contribution >= 0.6 is 0 Å². The summed E-state index contributed by atoms with van der Waals surface area (Å²) in [5.74, 6) is 0.207. The molecule has 0 unspecified atom stereocenters. The third-order valence-electron chi connectivity index (χ3n) is 4.43. The molecule has 0 radical (unpaired) electrons. The summed E-state index contributed by atoms with van der Waals surface area (Å²) >= 11 is 0. The Morgan fingerprint density at radius 2 is 1.27 bits per heavy atom. The van der Waals surface area contributed by atoms with E-state index in [1.54, 1.807) is 12.1 Å². The minimum atomic E-state index is -4.41. The molecule has 0 saturated carbocycles. The average molecular weight is 425 g/mol. The number of hydrogen-bond donors (Lipinski definition) is 0. The first-order valence-electron chi connectivity index (χ1n) is 8.90. The van der Waals surface area contributed by atoms with Crippen molar-refractivity contribution in [2.24, 2.45) is 7.05 Å². The fourth-order valence-electron chi connectivity index (χ4n) is 3.10. The third-order valence-corrected chi connectivity index (χ3v) is 4.84. The van der Waals surface area contributed by atoms with Crippen LogP contribution in [0.3, 0.4) is 0 Å². The zero-order valence-corrected chi connectivity index (χ0v) is 17.1. The predicted octanol–water partition coefficient (Wildman–Crippen LogP) is 3.13. The van der Waals surface area contributed by atoms with Gasteiger partial charge in [-0.2, -0.15) is 4.57 Å². The van der Waals surface area contributed by atoms with Gasteiger partial charge in [-0.3, -0.25) is 4.18 Å². The highest BCUT2D eigenvalue weighted by atomic mass is 32.3. The van der Waals surface area contributed by atoms with Crippen LogP contribution in [0.25, 0.3) is 21.8 Å². The lowest BCUT2D eigenvalue weighted by Crippen LogP contribution is -2.31. The van der Waals surface area contributed by atoms with E-state index in [9.17, 15) is 17.8 Å². The molecule has 0 aliphatic carbocycles. The monoisotopic (exact) mass is 425 g/mol. The first-order valence-corrected chi connectivity index (χ1v) is 10.2. The van der Waals surface area contributed by atoms with Crippen LogP contribution in [0.4, 0.5) is 0 Å². The number of hydrogen-bond acceptors (Lipinski definition) is 6. The summed E-state index contributed by atoms with van der Waals surface area (Å²) in [5.41, 5.74) is 2.59. The molecule has 154 valence electrons. The number of carbonyl (C=O) groups excluding carboxylic acids is 1. The summed E-state index contributed by atoms with van der Waals surface area (Å²) in [6, 6.07) is 24.9. The van der Waals surface area contributed by atoms with Gasteiger partial charge in [0.1, 0.15) is 12.8 Å². The van der Waals surface area contributed by atoms with E-state index < -0.39 is 10.4 Å². The van der Waals surface area contributed by atoms with Crippen molar-refractivity contribution in [3.63, 3.8) is 0 Å². The number of aromatic nitrogens is 1. The van der Waals surface area contributed by atoms with Gasteiger partial charge in [0.15, 0.2) is 0 Å². The van der Waals surface area contributed by atoms with Crippen LogP contribution in [0, 0.1) is 0 Å². The van der Waals surface area contributed by atoms with Gasteiger partial charge in [0.25, 0.3) is 0 Å². The molecule has 1 heterocycles. The normalized spacial score (nSPS) is 11.0. The Morgan fingerprint density at radius 3 is 1.73 bits per heavy atom. The fraction of sp³-hybridized carbons (Fsp3) is 0.0909. The SMILES string of the molecule is COS(=O)(=O)[O-].C[n+]1c2ccccc2c(C(=O)Oc2ccccc2)c2ccccc21. The Bertz CT molecular complexity index is 1250. The summed E-state index contributed by atoms with van der Waals surface area (Å²) in [6.45, 7) is 0. The lowest BCUT2D eigenvalue weighted by Gasteiger charge is -2.10. The third kappa shape index (κ3) is 4.80. The van der Waals surface area contributed by atoms with Gasteiger partial charge in [0, 0.05) is 12.1 Å². The van der Waals surface area contributed by atoms with Gasteiger partial charge in [-0.15, -0.1) is 0 Å². The van der Waals surface area contributed by atoms with Crippen molar-refractivity contribution in [2.75, 3.05) is 7.11 Å². The number of ether oxygens (including phenoxy) is 1. The number of fused-ring (bicyclic) bond motifs is 2. The molecule has 0 bridgehead atoms. The molecule has 0 atom stereocenters. The van der Waals surface area contributed by atoms with Crippen molar-refractivity contribution in [2.45, 2.75) is 0 Å². The molecule has 0 aliphatic heterocycles. The van der Waals surface area contributed by atoms with E-state index in [1.165, 1.54) is 0 Å². The number of para-hydroxylation sites is 3. The smallest absolute Gasteiger partial charge is 0.345 e. The number of nitrogens with zero attached hydrogens (tertiary/aromatic N) is 1. The Balaban J connectivity index is 0.000000377. The summed E-state index contributed by atoms with van der Waals surface area (Å²) in [7, 11) is -1.59. The zero-order valence-electron chi connectivity index (χ0n) is 16.3. The molecule has 0 N–H and O–H groups in total. The molecule has 0 aliphatic rings. The van der Waals surface area contributed by atoms with E-state index in [2.05, 4.69) is 8.75 Å². The van der Waals surface area contributed by atoms with Crippen molar-refractivity contribution in [1.29, 1.82) is 0 Å². The van der Waals surface area contributed by atoms with Crippen LogP contribution in [-0.2, 0) is 21.6 Å². The second-order valence-electron chi connectivity index (χ2n) is 6.25. The van der Waals surface area contributed by atoms with Crippen LogP contribution in [-0.4, -0.2) is 26.0 Å². The Kier molecular flexibility index (Phi) is 6.41. The topological polar surface area (TPSA) is 96.6 Å². The highest BCUT2D eigenvalue weighted by Crippen LogP contribution is 2.26. The van der Waals surface area contributed by atoms with Crippen molar-refractivity contribution in [3.8, 4) is 5.75 Å². The Hall–Kier alpha value is -3.33. The van der Waals surface area contributed by atoms with Crippen LogP contribution in [0.2, 0.25) is 0 Å². The predicted molar refractivity (Wildman–Crippen MR) is 111 cm³/mol. The molecule has 7 nitrogen and oxygen atoms in total. The zero-order chi connectivity index (χ0) is 21.7. The van der Waals surface area contributed by atoms with Crippen LogP contribution in [0.1, 0.15) is 10.4 Å². The second kappa shape index (κ2) is 9.00. The first-order chi connectivity index (χ1) is 14.3. The Morgan fingerprint density at radius 1 is 0.833 bits per heavy atom. The van der Waals surface area contributed by atoms with Gasteiger partial charge in [-0.25, -0.2) is 13.2 Å². The molecule has 4 aromatic rings. The van der Waals surface area contributed by atoms with E-state index in [0.29, 0.717) is 11.3 Å². The molecule has 8 heteroatoms. The number of carbonyl (C=O) groups is 1. The van der Waals surface area contributed by atoms with E-state index >= 15 is 0 Å². The fourth-order valence-corrected chi connectivity index (χ4v) is 3.10. The molecular weight excluding hydrogens is 406 g/mol. The van der Waals surface area contributed by atoms with Crippen LogP contribution in [0.15, 0.2) is 78.9 Å². The molecule has 0 spiro atoms. The molecule has 30 heavy (non-hydrogen) atoms. The van der Waals surface area contributed by atoms with Gasteiger partial charge in [0.05, 0.1) is 23.4 Å². The maximum Gasteiger partial charge on any atom is 0.345 e. The quantitative estimate of drug-likeness (QED) is 0.125. The maximum absolute atomic E-state index is 12.9. The Labute approximate surface area is 174 Å². The number of benzene rings is 3. The molecule has 0 saturated heterocycles. The van der Waals surface area contributed by atoms with E-state index in [1.807, 2.05) is 73.8 Å². The van der Waals surface area contributed by atoms with Crippen molar-refractivity contribution < 1.29 is 31.3 Å². The molecule has 4 rings (SSSR count). The van der Waals surface area contributed by atoms with Gasteiger partial charge in [-0.05, 0) is 24.3 Å². The number of rotatable bonds is 3. The molecule has 0 fully saturated rings. The summed E-state index contributed by atoms with van der Waals surface area (Å²) in [6.07, 6.45) is 0. The first kappa shape index (κ1) is 21.4. The van der Waals surface area contributed by atoms with Crippen LogP contribution in [0.5, 0.6) is 5.75 Å². The number of pyridine rings is 1. The van der Waals surface area contributed by atoms with Crippen molar-refractivity contribution in [1.82, 2.24) is 0 Å². The van der Waals surface area contributed by atoms with Crippen LogP contribution < -0.4 is 9.30 Å². The highest BCUT2D eigenvalue weighted by Gasteiger charge is 2.23. The average Bonchev–Trinajstić information content (AvgIpc) is 2.75.